The number of amides is 2. The van der Waals surface area contributed by atoms with Crippen molar-refractivity contribution >= 4 is 46.0 Å². The third-order valence-corrected chi connectivity index (χ3v) is 7.17. The van der Waals surface area contributed by atoms with E-state index in [1.54, 1.807) is 19.2 Å². The number of ether oxygens (including phenoxy) is 1. The fraction of sp³-hybridized carbons (Fsp3) is 0.296. The van der Waals surface area contributed by atoms with Gasteiger partial charge in [-0.05, 0) is 55.5 Å². The molecule has 1 unspecified atom stereocenters. The quantitative estimate of drug-likeness (QED) is 0.456. The summed E-state index contributed by atoms with van der Waals surface area (Å²) < 4.78 is 5.02. The maximum Gasteiger partial charge on any atom is 0.255 e. The van der Waals surface area contributed by atoms with Gasteiger partial charge in [0, 0.05) is 30.1 Å². The zero-order valence-electron chi connectivity index (χ0n) is 20.7. The van der Waals surface area contributed by atoms with Crippen LogP contribution in [0.15, 0.2) is 69.8 Å². The molecule has 0 radical (unpaired) electrons. The highest BCUT2D eigenvalue weighted by Gasteiger charge is 2.40. The first-order valence-electron chi connectivity index (χ1n) is 11.6. The normalized spacial score (nSPS) is 16.9. The lowest BCUT2D eigenvalue weighted by Gasteiger charge is -2.36. The number of hydrogen-bond donors (Lipinski definition) is 2. The third kappa shape index (κ3) is 5.67. The van der Waals surface area contributed by atoms with E-state index in [0.717, 1.165) is 33.2 Å². The highest BCUT2D eigenvalue weighted by Crippen LogP contribution is 2.45. The Morgan fingerprint density at radius 3 is 2.58 bits per heavy atom. The summed E-state index contributed by atoms with van der Waals surface area (Å²) in [5, 5.41) is 9.21. The number of fused-ring (bicyclic) bond motifs is 1. The monoisotopic (exact) mass is 524 g/mol. The molecule has 1 atom stereocenters. The summed E-state index contributed by atoms with van der Waals surface area (Å²) in [5.41, 5.74) is 5.67. The van der Waals surface area contributed by atoms with Crippen molar-refractivity contribution in [2.45, 2.75) is 33.2 Å². The SMILES string of the molecule is COCCNC(=O)CC1=CSC2=NC(C)=C(C(=O)Nc3ccc(C)cc3C)C(c3ccc(Cl)cc3)N12. The molecule has 0 saturated heterocycles. The summed E-state index contributed by atoms with van der Waals surface area (Å²) in [6, 6.07) is 12.9. The van der Waals surface area contributed by atoms with Gasteiger partial charge < -0.3 is 20.3 Å². The van der Waals surface area contributed by atoms with Crippen molar-refractivity contribution in [1.82, 2.24) is 10.2 Å². The minimum Gasteiger partial charge on any atom is -0.383 e. The van der Waals surface area contributed by atoms with Crippen LogP contribution in [0, 0.1) is 13.8 Å². The summed E-state index contributed by atoms with van der Waals surface area (Å²) in [6.45, 7) is 6.70. The van der Waals surface area contributed by atoms with E-state index in [0.29, 0.717) is 29.4 Å². The molecule has 7 nitrogen and oxygen atoms in total. The molecule has 0 fully saturated rings. The van der Waals surface area contributed by atoms with Gasteiger partial charge in [-0.1, -0.05) is 53.2 Å². The first-order chi connectivity index (χ1) is 17.3. The largest absolute Gasteiger partial charge is 0.383 e. The van der Waals surface area contributed by atoms with E-state index in [2.05, 4.69) is 10.6 Å². The highest BCUT2D eigenvalue weighted by molar-refractivity contribution is 8.16. The Hall–Kier alpha value is -3.07. The number of carbonyl (C=O) groups is 2. The molecule has 9 heteroatoms. The maximum atomic E-state index is 13.7. The standard InChI is InChI=1S/C27H29ClN4O3S/c1-16-5-10-22(17(2)13-16)31-26(34)24-18(3)30-27-32(25(24)19-6-8-20(28)9-7-19)21(15-36-27)14-23(33)29-11-12-35-4/h5-10,13,15,25H,11-12,14H2,1-4H3,(H,29,33)(H,31,34). The Labute approximate surface area is 220 Å². The summed E-state index contributed by atoms with van der Waals surface area (Å²) in [7, 11) is 1.59. The molecule has 2 N–H and O–H groups in total. The molecule has 0 saturated carbocycles. The lowest BCUT2D eigenvalue weighted by molar-refractivity contribution is -0.120. The van der Waals surface area contributed by atoms with Crippen molar-refractivity contribution in [3.63, 3.8) is 0 Å². The second kappa shape index (κ2) is 11.3. The number of methoxy groups -OCH3 is 1. The average Bonchev–Trinajstić information content (AvgIpc) is 3.22. The van der Waals surface area contributed by atoms with Gasteiger partial charge in [0.15, 0.2) is 5.17 Å². The number of hydrogen-bond acceptors (Lipinski definition) is 6. The fourth-order valence-electron chi connectivity index (χ4n) is 4.28. The number of aryl methyl sites for hydroxylation is 2. The maximum absolute atomic E-state index is 13.7. The van der Waals surface area contributed by atoms with Crippen molar-refractivity contribution in [2.75, 3.05) is 25.6 Å². The van der Waals surface area contributed by atoms with Crippen LogP contribution in [0.4, 0.5) is 5.69 Å². The molecule has 2 aromatic rings. The van der Waals surface area contributed by atoms with E-state index in [9.17, 15) is 9.59 Å². The first-order valence-corrected chi connectivity index (χ1v) is 12.9. The number of allylic oxidation sites excluding steroid dienone is 1. The van der Waals surface area contributed by atoms with Crippen molar-refractivity contribution in [3.05, 3.63) is 86.6 Å². The van der Waals surface area contributed by atoms with Crippen LogP contribution in [0.25, 0.3) is 0 Å². The Morgan fingerprint density at radius 2 is 1.89 bits per heavy atom. The number of aliphatic imine (C=N–C) groups is 1. The van der Waals surface area contributed by atoms with Gasteiger partial charge in [-0.2, -0.15) is 0 Å². The van der Waals surface area contributed by atoms with E-state index in [1.807, 2.05) is 61.4 Å². The van der Waals surface area contributed by atoms with E-state index in [4.69, 9.17) is 21.3 Å². The van der Waals surface area contributed by atoms with Crippen LogP contribution in [0.2, 0.25) is 5.02 Å². The number of nitrogens with zero attached hydrogens (tertiary/aromatic N) is 2. The molecule has 2 heterocycles. The average molecular weight is 525 g/mol. The molecule has 0 aliphatic carbocycles. The molecule has 0 bridgehead atoms. The van der Waals surface area contributed by atoms with Gasteiger partial charge >= 0.3 is 0 Å². The number of halogens is 1. The minimum atomic E-state index is -0.464. The predicted molar refractivity (Wildman–Crippen MR) is 146 cm³/mol. The zero-order valence-corrected chi connectivity index (χ0v) is 22.3. The minimum absolute atomic E-state index is 0.123. The van der Waals surface area contributed by atoms with Crippen LogP contribution >= 0.6 is 23.4 Å². The van der Waals surface area contributed by atoms with E-state index < -0.39 is 6.04 Å². The Balaban J connectivity index is 1.69. The smallest absolute Gasteiger partial charge is 0.255 e. The molecule has 2 aliphatic rings. The summed E-state index contributed by atoms with van der Waals surface area (Å²) >= 11 is 7.63. The van der Waals surface area contributed by atoms with Crippen LogP contribution in [-0.4, -0.2) is 42.1 Å². The molecule has 36 heavy (non-hydrogen) atoms. The first kappa shape index (κ1) is 26.0. The molecule has 0 aromatic heterocycles. The number of amidine groups is 1. The van der Waals surface area contributed by atoms with Gasteiger partial charge in [0.05, 0.1) is 30.3 Å². The third-order valence-electron chi connectivity index (χ3n) is 6.03. The Kier molecular flexibility index (Phi) is 8.18. The molecule has 2 aromatic carbocycles. The number of thioether (sulfide) groups is 1. The molecule has 0 spiro atoms. The van der Waals surface area contributed by atoms with Gasteiger partial charge in [-0.3, -0.25) is 9.59 Å². The van der Waals surface area contributed by atoms with Crippen molar-refractivity contribution in [2.24, 2.45) is 4.99 Å². The molecule has 4 rings (SSSR count). The summed E-state index contributed by atoms with van der Waals surface area (Å²) in [6.07, 6.45) is 0.158. The van der Waals surface area contributed by atoms with E-state index >= 15 is 0 Å². The van der Waals surface area contributed by atoms with Crippen molar-refractivity contribution < 1.29 is 14.3 Å². The van der Waals surface area contributed by atoms with Crippen LogP contribution in [0.1, 0.15) is 36.1 Å². The van der Waals surface area contributed by atoms with Crippen LogP contribution in [0.5, 0.6) is 0 Å². The van der Waals surface area contributed by atoms with Gasteiger partial charge in [0.1, 0.15) is 0 Å². The van der Waals surface area contributed by atoms with Gasteiger partial charge in [-0.25, -0.2) is 4.99 Å². The number of nitrogens with one attached hydrogen (secondary N) is 2. The van der Waals surface area contributed by atoms with Gasteiger partial charge in [0.2, 0.25) is 5.91 Å². The Bertz CT molecular complexity index is 1270. The summed E-state index contributed by atoms with van der Waals surface area (Å²) in [4.78, 5) is 33.1. The second-order valence-corrected chi connectivity index (χ2v) is 10.0. The van der Waals surface area contributed by atoms with Crippen LogP contribution in [0.3, 0.4) is 0 Å². The lowest BCUT2D eigenvalue weighted by Crippen LogP contribution is -2.39. The number of rotatable bonds is 8. The van der Waals surface area contributed by atoms with Gasteiger partial charge in [0.25, 0.3) is 5.91 Å². The lowest BCUT2D eigenvalue weighted by atomic mass is 9.93. The number of anilines is 1. The van der Waals surface area contributed by atoms with Crippen molar-refractivity contribution in [3.8, 4) is 0 Å². The predicted octanol–water partition coefficient (Wildman–Crippen LogP) is 5.32. The molecule has 2 aliphatic heterocycles. The topological polar surface area (TPSA) is 83.0 Å². The zero-order chi connectivity index (χ0) is 25.8. The fourth-order valence-corrected chi connectivity index (χ4v) is 5.37. The van der Waals surface area contributed by atoms with Crippen molar-refractivity contribution in [1.29, 1.82) is 0 Å². The number of carbonyl (C=O) groups excluding carboxylic acids is 2. The summed E-state index contributed by atoms with van der Waals surface area (Å²) in [5.74, 6) is -0.356. The molecule has 188 valence electrons. The van der Waals surface area contributed by atoms with Crippen LogP contribution in [-0.2, 0) is 14.3 Å². The van der Waals surface area contributed by atoms with E-state index in [1.165, 1.54) is 11.8 Å². The molecular weight excluding hydrogens is 496 g/mol. The Morgan fingerprint density at radius 1 is 1.14 bits per heavy atom. The second-order valence-electron chi connectivity index (χ2n) is 8.74. The highest BCUT2D eigenvalue weighted by atomic mass is 35.5. The van der Waals surface area contributed by atoms with Gasteiger partial charge in [-0.15, -0.1) is 0 Å². The van der Waals surface area contributed by atoms with E-state index in [-0.39, 0.29) is 18.2 Å². The molecular formula is C27H29ClN4O3S. The van der Waals surface area contributed by atoms with Crippen LogP contribution < -0.4 is 10.6 Å². The molecule has 2 amide bonds. The number of benzene rings is 2.